The Morgan fingerprint density at radius 3 is 2.27 bits per heavy atom. The summed E-state index contributed by atoms with van der Waals surface area (Å²) < 4.78 is 67.7. The summed E-state index contributed by atoms with van der Waals surface area (Å²) in [5.74, 6) is -0.873. The van der Waals surface area contributed by atoms with Crippen molar-refractivity contribution in [1.82, 2.24) is 0 Å². The minimum Gasteiger partial charge on any atom is -0.284 e. The highest BCUT2D eigenvalue weighted by molar-refractivity contribution is 7.93. The molecule has 142 valence electrons. The van der Waals surface area contributed by atoms with Crippen molar-refractivity contribution in [3.05, 3.63) is 53.8 Å². The summed E-state index contributed by atoms with van der Waals surface area (Å²) in [6.45, 7) is 5.10. The van der Waals surface area contributed by atoms with Crippen LogP contribution < -0.4 is 9.44 Å². The zero-order valence-electron chi connectivity index (χ0n) is 14.7. The van der Waals surface area contributed by atoms with E-state index in [9.17, 15) is 21.2 Å². The van der Waals surface area contributed by atoms with Gasteiger partial charge in [0, 0.05) is 5.69 Å². The standard InChI is InChI=1S/C17H21FN2O4S2/c1-12(2)11-25(21,22)19-14-9-8-13(3)17(10-14)26(23,24)20-16-7-5-4-6-15(16)18/h4-10,12,19-20H,11H2,1-3H3. The van der Waals surface area contributed by atoms with E-state index in [1.165, 1.54) is 36.4 Å². The number of sulfonamides is 2. The van der Waals surface area contributed by atoms with Crippen LogP contribution in [0.1, 0.15) is 19.4 Å². The number of para-hydroxylation sites is 1. The Kier molecular flexibility index (Phi) is 5.92. The topological polar surface area (TPSA) is 92.3 Å². The molecule has 0 aliphatic rings. The van der Waals surface area contributed by atoms with Gasteiger partial charge in [0.1, 0.15) is 5.82 Å². The second-order valence-electron chi connectivity index (χ2n) is 6.34. The lowest BCUT2D eigenvalue weighted by Crippen LogP contribution is -2.21. The third-order valence-corrected chi connectivity index (χ3v) is 6.58. The van der Waals surface area contributed by atoms with Gasteiger partial charge in [-0.2, -0.15) is 0 Å². The maximum absolute atomic E-state index is 13.7. The van der Waals surface area contributed by atoms with Crippen LogP contribution in [0.2, 0.25) is 0 Å². The third kappa shape index (κ3) is 5.18. The van der Waals surface area contributed by atoms with Crippen LogP contribution in [0.3, 0.4) is 0 Å². The lowest BCUT2D eigenvalue weighted by Gasteiger charge is -2.14. The molecule has 26 heavy (non-hydrogen) atoms. The number of halogens is 1. The first-order chi connectivity index (χ1) is 12.0. The van der Waals surface area contributed by atoms with Gasteiger partial charge in [-0.1, -0.05) is 32.0 Å². The Hall–Kier alpha value is -2.13. The summed E-state index contributed by atoms with van der Waals surface area (Å²) in [5, 5.41) is 0. The van der Waals surface area contributed by atoms with Gasteiger partial charge in [0.25, 0.3) is 10.0 Å². The third-order valence-electron chi connectivity index (χ3n) is 3.42. The van der Waals surface area contributed by atoms with E-state index in [1.807, 2.05) is 0 Å². The van der Waals surface area contributed by atoms with Crippen molar-refractivity contribution in [2.75, 3.05) is 15.2 Å². The average molecular weight is 400 g/mol. The second-order valence-corrected chi connectivity index (χ2v) is 9.76. The van der Waals surface area contributed by atoms with Gasteiger partial charge in [0.15, 0.2) is 0 Å². The summed E-state index contributed by atoms with van der Waals surface area (Å²) in [6, 6.07) is 9.58. The van der Waals surface area contributed by atoms with E-state index in [-0.39, 0.29) is 27.9 Å². The molecular formula is C17H21FN2O4S2. The van der Waals surface area contributed by atoms with Crippen molar-refractivity contribution in [3.8, 4) is 0 Å². The van der Waals surface area contributed by atoms with Crippen LogP contribution >= 0.6 is 0 Å². The fourth-order valence-corrected chi connectivity index (χ4v) is 5.14. The molecule has 0 aromatic heterocycles. The molecule has 0 amide bonds. The minimum absolute atomic E-state index is 0.0797. The molecule has 0 spiro atoms. The molecule has 0 bridgehead atoms. The number of hydrogen-bond donors (Lipinski definition) is 2. The molecule has 0 radical (unpaired) electrons. The number of rotatable bonds is 7. The molecule has 0 saturated heterocycles. The van der Waals surface area contributed by atoms with Crippen molar-refractivity contribution >= 4 is 31.4 Å². The number of aryl methyl sites for hydroxylation is 1. The smallest absolute Gasteiger partial charge is 0.262 e. The number of hydrogen-bond acceptors (Lipinski definition) is 4. The van der Waals surface area contributed by atoms with Crippen LogP contribution in [-0.4, -0.2) is 22.6 Å². The molecular weight excluding hydrogens is 379 g/mol. The maximum Gasteiger partial charge on any atom is 0.262 e. The molecule has 0 fully saturated rings. The Morgan fingerprint density at radius 2 is 1.65 bits per heavy atom. The normalized spacial score (nSPS) is 12.2. The minimum atomic E-state index is -4.09. The van der Waals surface area contributed by atoms with Crippen LogP contribution in [0.5, 0.6) is 0 Å². The van der Waals surface area contributed by atoms with E-state index in [4.69, 9.17) is 0 Å². The largest absolute Gasteiger partial charge is 0.284 e. The lowest BCUT2D eigenvalue weighted by atomic mass is 10.2. The molecule has 9 heteroatoms. The molecule has 0 saturated carbocycles. The van der Waals surface area contributed by atoms with Gasteiger partial charge >= 0.3 is 0 Å². The lowest BCUT2D eigenvalue weighted by molar-refractivity contribution is 0.587. The summed E-state index contributed by atoms with van der Waals surface area (Å²) >= 11 is 0. The fraction of sp³-hybridized carbons (Fsp3) is 0.294. The first-order valence-electron chi connectivity index (χ1n) is 7.89. The van der Waals surface area contributed by atoms with E-state index in [2.05, 4.69) is 9.44 Å². The molecule has 0 heterocycles. The van der Waals surface area contributed by atoms with E-state index < -0.39 is 25.9 Å². The highest BCUT2D eigenvalue weighted by Gasteiger charge is 2.20. The van der Waals surface area contributed by atoms with Crippen molar-refractivity contribution in [2.24, 2.45) is 5.92 Å². The molecule has 6 nitrogen and oxygen atoms in total. The molecule has 0 aliphatic carbocycles. The Bertz CT molecular complexity index is 1000. The molecule has 2 N–H and O–H groups in total. The van der Waals surface area contributed by atoms with Crippen LogP contribution in [0.25, 0.3) is 0 Å². The molecule has 0 unspecified atom stereocenters. The van der Waals surface area contributed by atoms with Crippen molar-refractivity contribution in [1.29, 1.82) is 0 Å². The predicted octanol–water partition coefficient (Wildman–Crippen LogP) is 3.33. The van der Waals surface area contributed by atoms with Crippen LogP contribution in [0, 0.1) is 18.7 Å². The zero-order valence-corrected chi connectivity index (χ0v) is 16.3. The van der Waals surface area contributed by atoms with Gasteiger partial charge < -0.3 is 0 Å². The van der Waals surface area contributed by atoms with Crippen LogP contribution in [0.4, 0.5) is 15.8 Å². The van der Waals surface area contributed by atoms with Gasteiger partial charge in [0.2, 0.25) is 10.0 Å². The highest BCUT2D eigenvalue weighted by Crippen LogP contribution is 2.24. The van der Waals surface area contributed by atoms with Gasteiger partial charge in [-0.15, -0.1) is 0 Å². The van der Waals surface area contributed by atoms with Gasteiger partial charge in [-0.25, -0.2) is 21.2 Å². The highest BCUT2D eigenvalue weighted by atomic mass is 32.2. The number of anilines is 2. The summed E-state index contributed by atoms with van der Waals surface area (Å²) in [5.41, 5.74) is 0.350. The Morgan fingerprint density at radius 1 is 1.00 bits per heavy atom. The van der Waals surface area contributed by atoms with Crippen molar-refractivity contribution < 1.29 is 21.2 Å². The molecule has 2 aromatic carbocycles. The monoisotopic (exact) mass is 400 g/mol. The Labute approximate surface area is 153 Å². The first-order valence-corrected chi connectivity index (χ1v) is 11.0. The van der Waals surface area contributed by atoms with Crippen molar-refractivity contribution in [3.63, 3.8) is 0 Å². The zero-order chi connectivity index (χ0) is 19.5. The first kappa shape index (κ1) is 20.2. The maximum atomic E-state index is 13.7. The SMILES string of the molecule is Cc1ccc(NS(=O)(=O)CC(C)C)cc1S(=O)(=O)Nc1ccccc1F. The fourth-order valence-electron chi connectivity index (χ4n) is 2.36. The van der Waals surface area contributed by atoms with Crippen LogP contribution in [-0.2, 0) is 20.0 Å². The van der Waals surface area contributed by atoms with E-state index >= 15 is 0 Å². The average Bonchev–Trinajstić information content (AvgIpc) is 2.49. The van der Waals surface area contributed by atoms with Gasteiger partial charge in [0.05, 0.1) is 16.3 Å². The molecule has 2 aromatic rings. The Balaban J connectivity index is 2.36. The quantitative estimate of drug-likeness (QED) is 0.746. The number of benzene rings is 2. The van der Waals surface area contributed by atoms with Crippen molar-refractivity contribution in [2.45, 2.75) is 25.7 Å². The number of nitrogens with one attached hydrogen (secondary N) is 2. The van der Waals surface area contributed by atoms with E-state index in [0.717, 1.165) is 6.07 Å². The summed E-state index contributed by atoms with van der Waals surface area (Å²) in [6.07, 6.45) is 0. The van der Waals surface area contributed by atoms with E-state index in [1.54, 1.807) is 20.8 Å². The molecule has 0 aliphatic heterocycles. The second kappa shape index (κ2) is 7.63. The van der Waals surface area contributed by atoms with Gasteiger partial charge in [-0.05, 0) is 42.7 Å². The van der Waals surface area contributed by atoms with Gasteiger partial charge in [-0.3, -0.25) is 9.44 Å². The predicted molar refractivity (Wildman–Crippen MR) is 101 cm³/mol. The summed E-state index contributed by atoms with van der Waals surface area (Å²) in [7, 11) is -7.69. The molecule has 0 atom stereocenters. The summed E-state index contributed by atoms with van der Waals surface area (Å²) in [4.78, 5) is -0.134. The van der Waals surface area contributed by atoms with Crippen LogP contribution in [0.15, 0.2) is 47.4 Å². The van der Waals surface area contributed by atoms with E-state index in [0.29, 0.717) is 5.56 Å². The molecule has 2 rings (SSSR count).